The van der Waals surface area contributed by atoms with E-state index in [2.05, 4.69) is 4.74 Å². The van der Waals surface area contributed by atoms with E-state index in [4.69, 9.17) is 0 Å². The number of nitrogens with zero attached hydrogens (tertiary/aromatic N) is 1. The molecule has 0 aromatic carbocycles. The number of carbonyl (C=O) groups excluding carboxylic acids is 2. The molecule has 1 aliphatic rings. The largest absolute Gasteiger partial charge is 0.469 e. The van der Waals surface area contributed by atoms with Crippen LogP contribution >= 0.6 is 0 Å². The second-order valence-corrected chi connectivity index (χ2v) is 3.27. The van der Waals surface area contributed by atoms with Crippen LogP contribution in [-0.2, 0) is 14.3 Å². The number of ether oxygens (including phenoxy) is 1. The molecule has 4 nitrogen and oxygen atoms in total. The van der Waals surface area contributed by atoms with Crippen LogP contribution in [0, 0.1) is 5.92 Å². The lowest BCUT2D eigenvalue weighted by Gasteiger charge is -2.37. The number of hydrogen-bond acceptors (Lipinski definition) is 3. The lowest BCUT2D eigenvalue weighted by atomic mass is 10.00. The minimum absolute atomic E-state index is 0.0918. The van der Waals surface area contributed by atoms with Crippen molar-refractivity contribution in [3.05, 3.63) is 0 Å². The summed E-state index contributed by atoms with van der Waals surface area (Å²) in [6.45, 7) is 3.03. The Morgan fingerprint density at radius 1 is 1.46 bits per heavy atom. The number of esters is 1. The van der Waals surface area contributed by atoms with Crippen molar-refractivity contribution in [3.63, 3.8) is 0 Å². The zero-order chi connectivity index (χ0) is 9.84. The fourth-order valence-electron chi connectivity index (χ4n) is 1.37. The van der Waals surface area contributed by atoms with Crippen LogP contribution in [-0.4, -0.2) is 37.0 Å². The summed E-state index contributed by atoms with van der Waals surface area (Å²) in [7, 11) is 1.37. The van der Waals surface area contributed by atoms with Crippen LogP contribution in [0.15, 0.2) is 0 Å². The molecule has 0 aliphatic carbocycles. The first-order valence-corrected chi connectivity index (χ1v) is 4.54. The van der Waals surface area contributed by atoms with Crippen LogP contribution in [0.3, 0.4) is 0 Å². The molecule has 1 rings (SSSR count). The second-order valence-electron chi connectivity index (χ2n) is 3.27. The van der Waals surface area contributed by atoms with Crippen molar-refractivity contribution in [2.45, 2.75) is 19.8 Å². The molecular formula is C9H15NO3. The standard InChI is InChI=1S/C9H15NO3/c1-3-4-8(11)10-5-7(6-10)9(12)13-2/h7H,3-6H2,1-2H3. The first-order valence-electron chi connectivity index (χ1n) is 4.54. The minimum atomic E-state index is -0.208. The summed E-state index contributed by atoms with van der Waals surface area (Å²) in [5.74, 6) is -0.158. The van der Waals surface area contributed by atoms with E-state index in [1.54, 1.807) is 4.90 Å². The van der Waals surface area contributed by atoms with Crippen LogP contribution in [0.1, 0.15) is 19.8 Å². The number of carbonyl (C=O) groups is 2. The van der Waals surface area contributed by atoms with E-state index in [1.165, 1.54) is 7.11 Å². The molecule has 0 saturated carbocycles. The quantitative estimate of drug-likeness (QED) is 0.598. The summed E-state index contributed by atoms with van der Waals surface area (Å²) in [6.07, 6.45) is 1.44. The van der Waals surface area contributed by atoms with Gasteiger partial charge in [0, 0.05) is 19.5 Å². The highest BCUT2D eigenvalue weighted by atomic mass is 16.5. The molecule has 0 atom stereocenters. The maximum Gasteiger partial charge on any atom is 0.312 e. The zero-order valence-corrected chi connectivity index (χ0v) is 8.08. The molecule has 0 unspecified atom stereocenters. The highest BCUT2D eigenvalue weighted by molar-refractivity contribution is 5.81. The Labute approximate surface area is 77.8 Å². The van der Waals surface area contributed by atoms with Crippen molar-refractivity contribution in [2.75, 3.05) is 20.2 Å². The topological polar surface area (TPSA) is 46.6 Å². The van der Waals surface area contributed by atoms with Gasteiger partial charge in [-0.05, 0) is 6.42 Å². The lowest BCUT2D eigenvalue weighted by Crippen LogP contribution is -2.53. The number of methoxy groups -OCH3 is 1. The van der Waals surface area contributed by atoms with Gasteiger partial charge in [0.15, 0.2) is 0 Å². The van der Waals surface area contributed by atoms with Gasteiger partial charge in [-0.3, -0.25) is 9.59 Å². The van der Waals surface area contributed by atoms with Gasteiger partial charge in [-0.2, -0.15) is 0 Å². The van der Waals surface area contributed by atoms with Crippen molar-refractivity contribution < 1.29 is 14.3 Å². The van der Waals surface area contributed by atoms with Gasteiger partial charge in [-0.15, -0.1) is 0 Å². The summed E-state index contributed by atoms with van der Waals surface area (Å²) in [6, 6.07) is 0. The second kappa shape index (κ2) is 4.25. The maximum atomic E-state index is 11.3. The van der Waals surface area contributed by atoms with E-state index in [0.717, 1.165) is 6.42 Å². The number of rotatable bonds is 3. The molecule has 0 N–H and O–H groups in total. The van der Waals surface area contributed by atoms with E-state index >= 15 is 0 Å². The third-order valence-corrected chi connectivity index (χ3v) is 2.23. The molecule has 13 heavy (non-hydrogen) atoms. The molecule has 1 fully saturated rings. The van der Waals surface area contributed by atoms with E-state index in [9.17, 15) is 9.59 Å². The molecule has 1 aliphatic heterocycles. The maximum absolute atomic E-state index is 11.3. The average Bonchev–Trinajstić information content (AvgIpc) is 2.01. The summed E-state index contributed by atoms with van der Waals surface area (Å²) in [5.41, 5.74) is 0. The van der Waals surface area contributed by atoms with Crippen molar-refractivity contribution in [3.8, 4) is 0 Å². The van der Waals surface area contributed by atoms with E-state index in [1.807, 2.05) is 6.92 Å². The fraction of sp³-hybridized carbons (Fsp3) is 0.778. The molecule has 0 aromatic heterocycles. The first-order chi connectivity index (χ1) is 6.19. The Balaban J connectivity index is 2.25. The van der Waals surface area contributed by atoms with Gasteiger partial charge in [0.2, 0.25) is 5.91 Å². The smallest absolute Gasteiger partial charge is 0.312 e. The SMILES string of the molecule is CCCC(=O)N1CC(C(=O)OC)C1. The predicted octanol–water partition coefficient (Wildman–Crippen LogP) is 0.418. The van der Waals surface area contributed by atoms with Gasteiger partial charge in [-0.1, -0.05) is 6.92 Å². The fourth-order valence-corrected chi connectivity index (χ4v) is 1.37. The van der Waals surface area contributed by atoms with Crippen LogP contribution in [0.5, 0.6) is 0 Å². The van der Waals surface area contributed by atoms with Gasteiger partial charge in [-0.25, -0.2) is 0 Å². The van der Waals surface area contributed by atoms with Crippen molar-refractivity contribution >= 4 is 11.9 Å². The lowest BCUT2D eigenvalue weighted by molar-refractivity contribution is -0.155. The minimum Gasteiger partial charge on any atom is -0.469 e. The van der Waals surface area contributed by atoms with Crippen LogP contribution < -0.4 is 0 Å². The van der Waals surface area contributed by atoms with Crippen LogP contribution in [0.2, 0.25) is 0 Å². The first kappa shape index (κ1) is 10.0. The monoisotopic (exact) mass is 185 g/mol. The van der Waals surface area contributed by atoms with Gasteiger partial charge in [0.05, 0.1) is 13.0 Å². The summed E-state index contributed by atoms with van der Waals surface area (Å²) < 4.78 is 4.57. The molecule has 1 saturated heterocycles. The molecular weight excluding hydrogens is 170 g/mol. The van der Waals surface area contributed by atoms with Gasteiger partial charge in [0.1, 0.15) is 0 Å². The number of likely N-dealkylation sites (tertiary alicyclic amines) is 1. The van der Waals surface area contributed by atoms with Crippen molar-refractivity contribution in [1.82, 2.24) is 4.90 Å². The highest BCUT2D eigenvalue weighted by Crippen LogP contribution is 2.17. The Kier molecular flexibility index (Phi) is 3.28. The highest BCUT2D eigenvalue weighted by Gasteiger charge is 2.35. The summed E-state index contributed by atoms with van der Waals surface area (Å²) in [5, 5.41) is 0. The third-order valence-electron chi connectivity index (χ3n) is 2.23. The van der Waals surface area contributed by atoms with Gasteiger partial charge < -0.3 is 9.64 Å². The Morgan fingerprint density at radius 2 is 2.08 bits per heavy atom. The van der Waals surface area contributed by atoms with E-state index in [-0.39, 0.29) is 17.8 Å². The zero-order valence-electron chi connectivity index (χ0n) is 8.08. The van der Waals surface area contributed by atoms with E-state index < -0.39 is 0 Å². The molecule has 0 bridgehead atoms. The van der Waals surface area contributed by atoms with Gasteiger partial charge in [0.25, 0.3) is 0 Å². The molecule has 0 radical (unpaired) electrons. The van der Waals surface area contributed by atoms with Crippen LogP contribution in [0.4, 0.5) is 0 Å². The van der Waals surface area contributed by atoms with E-state index in [0.29, 0.717) is 19.5 Å². The molecule has 0 aromatic rings. The van der Waals surface area contributed by atoms with Crippen LogP contribution in [0.25, 0.3) is 0 Å². The molecule has 1 amide bonds. The van der Waals surface area contributed by atoms with Crippen molar-refractivity contribution in [1.29, 1.82) is 0 Å². The third kappa shape index (κ3) is 2.20. The average molecular weight is 185 g/mol. The molecule has 4 heteroatoms. The molecule has 1 heterocycles. The number of amides is 1. The Hall–Kier alpha value is -1.06. The predicted molar refractivity (Wildman–Crippen MR) is 47.0 cm³/mol. The normalized spacial score (nSPS) is 16.6. The molecule has 0 spiro atoms. The Morgan fingerprint density at radius 3 is 2.54 bits per heavy atom. The van der Waals surface area contributed by atoms with Gasteiger partial charge >= 0.3 is 5.97 Å². The summed E-state index contributed by atoms with van der Waals surface area (Å²) in [4.78, 5) is 23.9. The number of hydrogen-bond donors (Lipinski definition) is 0. The molecule has 74 valence electrons. The summed E-state index contributed by atoms with van der Waals surface area (Å²) >= 11 is 0. The van der Waals surface area contributed by atoms with Crippen molar-refractivity contribution in [2.24, 2.45) is 5.92 Å². The Bertz CT molecular complexity index is 209.